The third-order valence-corrected chi connectivity index (χ3v) is 3.50. The second kappa shape index (κ2) is 8.01. The molecule has 22 heavy (non-hydrogen) atoms. The zero-order chi connectivity index (χ0) is 15.9. The van der Waals surface area contributed by atoms with Crippen LogP contribution in [0.5, 0.6) is 0 Å². The van der Waals surface area contributed by atoms with Gasteiger partial charge in [0.2, 0.25) is 0 Å². The van der Waals surface area contributed by atoms with Gasteiger partial charge in [0.1, 0.15) is 11.6 Å². The lowest BCUT2D eigenvalue weighted by Gasteiger charge is -2.24. The van der Waals surface area contributed by atoms with E-state index in [1.54, 1.807) is 0 Å². The van der Waals surface area contributed by atoms with Crippen LogP contribution in [0.2, 0.25) is 0 Å². The van der Waals surface area contributed by atoms with Crippen molar-refractivity contribution in [3.8, 4) is 0 Å². The molecular weight excluding hydrogens is 282 g/mol. The Morgan fingerprint density at radius 1 is 0.682 bits per heavy atom. The Bertz CT molecular complexity index is 517. The second-order valence-electron chi connectivity index (χ2n) is 5.77. The zero-order valence-corrected chi connectivity index (χ0v) is 13.1. The van der Waals surface area contributed by atoms with Crippen LogP contribution in [0.4, 0.5) is 8.78 Å². The predicted octanol–water partition coefficient (Wildman–Crippen LogP) is 3.53. The molecule has 2 aromatic carbocycles. The highest BCUT2D eigenvalue weighted by Gasteiger charge is 2.08. The lowest BCUT2D eigenvalue weighted by atomic mass is 10.1. The third kappa shape index (κ3) is 5.54. The van der Waals surface area contributed by atoms with E-state index in [1.807, 2.05) is 38.4 Å². The Hall–Kier alpha value is -1.78. The van der Waals surface area contributed by atoms with Gasteiger partial charge in [0.05, 0.1) is 0 Å². The third-order valence-electron chi connectivity index (χ3n) is 3.50. The molecule has 0 saturated carbocycles. The van der Waals surface area contributed by atoms with Gasteiger partial charge in [-0.1, -0.05) is 24.3 Å². The molecule has 0 amide bonds. The molecule has 2 nitrogen and oxygen atoms in total. The van der Waals surface area contributed by atoms with Crippen LogP contribution < -0.4 is 0 Å². The Kier molecular flexibility index (Phi) is 6.04. The minimum Gasteiger partial charge on any atom is -0.308 e. The maximum Gasteiger partial charge on any atom is 0.123 e. The molecule has 0 radical (unpaired) electrons. The van der Waals surface area contributed by atoms with Crippen molar-refractivity contribution in [3.05, 3.63) is 71.3 Å². The van der Waals surface area contributed by atoms with E-state index in [-0.39, 0.29) is 11.6 Å². The van der Waals surface area contributed by atoms with Gasteiger partial charge in [-0.2, -0.15) is 0 Å². The largest absolute Gasteiger partial charge is 0.308 e. The lowest BCUT2D eigenvalue weighted by Crippen LogP contribution is -2.31. The highest BCUT2D eigenvalue weighted by Crippen LogP contribution is 2.11. The van der Waals surface area contributed by atoms with E-state index in [0.29, 0.717) is 0 Å². The van der Waals surface area contributed by atoms with Crippen LogP contribution in [0, 0.1) is 11.6 Å². The van der Waals surface area contributed by atoms with Crippen LogP contribution in [-0.2, 0) is 13.1 Å². The molecule has 0 aromatic heterocycles. The summed E-state index contributed by atoms with van der Waals surface area (Å²) in [7, 11) is 4.07. The lowest BCUT2D eigenvalue weighted by molar-refractivity contribution is 0.226. The summed E-state index contributed by atoms with van der Waals surface area (Å²) in [6, 6.07) is 13.2. The first kappa shape index (κ1) is 16.6. The summed E-state index contributed by atoms with van der Waals surface area (Å²) in [5.41, 5.74) is 2.14. The topological polar surface area (TPSA) is 6.48 Å². The molecule has 2 rings (SSSR count). The number of nitrogens with zero attached hydrogens (tertiary/aromatic N) is 2. The fraction of sp³-hybridized carbons (Fsp3) is 0.333. The van der Waals surface area contributed by atoms with Gasteiger partial charge in [0.15, 0.2) is 0 Å². The van der Waals surface area contributed by atoms with Gasteiger partial charge in [0.25, 0.3) is 0 Å². The average Bonchev–Trinajstić information content (AvgIpc) is 2.49. The van der Waals surface area contributed by atoms with Gasteiger partial charge in [-0.3, -0.25) is 4.90 Å². The van der Waals surface area contributed by atoms with Crippen molar-refractivity contribution < 1.29 is 8.78 Å². The molecule has 0 aliphatic carbocycles. The molecule has 0 fully saturated rings. The van der Waals surface area contributed by atoms with E-state index in [1.165, 1.54) is 24.3 Å². The summed E-state index contributed by atoms with van der Waals surface area (Å²) in [4.78, 5) is 4.41. The van der Waals surface area contributed by atoms with Crippen molar-refractivity contribution in [1.29, 1.82) is 0 Å². The standard InChI is InChI=1S/C18H22F2N2/c1-21(2)11-12-22(13-15-3-7-17(19)8-4-15)14-16-5-9-18(20)10-6-16/h3-10H,11-14H2,1-2H3. The van der Waals surface area contributed by atoms with Crippen LogP contribution in [0.15, 0.2) is 48.5 Å². The number of rotatable bonds is 7. The van der Waals surface area contributed by atoms with Crippen LogP contribution >= 0.6 is 0 Å². The van der Waals surface area contributed by atoms with Gasteiger partial charge in [-0.25, -0.2) is 8.78 Å². The molecule has 4 heteroatoms. The Labute approximate surface area is 131 Å². The van der Waals surface area contributed by atoms with E-state index < -0.39 is 0 Å². The number of hydrogen-bond acceptors (Lipinski definition) is 2. The SMILES string of the molecule is CN(C)CCN(Cc1ccc(F)cc1)Cc1ccc(F)cc1. The highest BCUT2D eigenvalue weighted by molar-refractivity contribution is 5.18. The zero-order valence-electron chi connectivity index (χ0n) is 13.1. The summed E-state index contributed by atoms with van der Waals surface area (Å²) < 4.78 is 26.0. The molecule has 0 heterocycles. The predicted molar refractivity (Wildman–Crippen MR) is 85.5 cm³/mol. The van der Waals surface area contributed by atoms with Gasteiger partial charge < -0.3 is 4.90 Å². The van der Waals surface area contributed by atoms with Crippen molar-refractivity contribution in [2.45, 2.75) is 13.1 Å². The van der Waals surface area contributed by atoms with Crippen molar-refractivity contribution >= 4 is 0 Å². The Morgan fingerprint density at radius 2 is 1.09 bits per heavy atom. The molecular formula is C18H22F2N2. The molecule has 118 valence electrons. The molecule has 0 aliphatic rings. The minimum atomic E-state index is -0.220. The Balaban J connectivity index is 2.04. The van der Waals surface area contributed by atoms with Gasteiger partial charge in [0, 0.05) is 26.2 Å². The van der Waals surface area contributed by atoms with E-state index >= 15 is 0 Å². The number of benzene rings is 2. The second-order valence-corrected chi connectivity index (χ2v) is 5.77. The molecule has 0 bridgehead atoms. The average molecular weight is 304 g/mol. The number of halogens is 2. The summed E-state index contributed by atoms with van der Waals surface area (Å²) in [6.07, 6.45) is 0. The molecule has 0 atom stereocenters. The summed E-state index contributed by atoms with van der Waals surface area (Å²) in [5, 5.41) is 0. The molecule has 0 unspecified atom stereocenters. The summed E-state index contributed by atoms with van der Waals surface area (Å²) in [5.74, 6) is -0.441. The first-order chi connectivity index (χ1) is 10.5. The maximum atomic E-state index is 13.0. The summed E-state index contributed by atoms with van der Waals surface area (Å²) >= 11 is 0. The van der Waals surface area contributed by atoms with Crippen molar-refractivity contribution in [3.63, 3.8) is 0 Å². The van der Waals surface area contributed by atoms with Gasteiger partial charge in [-0.05, 0) is 49.5 Å². The minimum absolute atomic E-state index is 0.220. The molecule has 0 N–H and O–H groups in total. The van der Waals surface area contributed by atoms with Crippen LogP contribution in [-0.4, -0.2) is 37.0 Å². The normalized spacial score (nSPS) is 11.4. The first-order valence-electron chi connectivity index (χ1n) is 7.39. The van der Waals surface area contributed by atoms with Gasteiger partial charge >= 0.3 is 0 Å². The van der Waals surface area contributed by atoms with Crippen molar-refractivity contribution in [2.75, 3.05) is 27.2 Å². The van der Waals surface area contributed by atoms with E-state index in [2.05, 4.69) is 9.80 Å². The smallest absolute Gasteiger partial charge is 0.123 e. The Morgan fingerprint density at radius 3 is 1.45 bits per heavy atom. The number of hydrogen-bond donors (Lipinski definition) is 0. The highest BCUT2D eigenvalue weighted by atomic mass is 19.1. The molecule has 2 aromatic rings. The van der Waals surface area contributed by atoms with Crippen molar-refractivity contribution in [1.82, 2.24) is 9.80 Å². The molecule has 0 spiro atoms. The number of likely N-dealkylation sites (N-methyl/N-ethyl adjacent to an activating group) is 1. The molecule has 0 saturated heterocycles. The van der Waals surface area contributed by atoms with Crippen LogP contribution in [0.3, 0.4) is 0 Å². The van der Waals surface area contributed by atoms with Crippen LogP contribution in [0.1, 0.15) is 11.1 Å². The quantitative estimate of drug-likeness (QED) is 0.772. The first-order valence-corrected chi connectivity index (χ1v) is 7.39. The van der Waals surface area contributed by atoms with Crippen LogP contribution in [0.25, 0.3) is 0 Å². The monoisotopic (exact) mass is 304 g/mol. The van der Waals surface area contributed by atoms with E-state index in [4.69, 9.17) is 0 Å². The molecule has 0 aliphatic heterocycles. The maximum absolute atomic E-state index is 13.0. The fourth-order valence-corrected chi connectivity index (χ4v) is 2.25. The van der Waals surface area contributed by atoms with E-state index in [0.717, 1.165) is 37.3 Å². The van der Waals surface area contributed by atoms with Gasteiger partial charge in [-0.15, -0.1) is 0 Å². The van der Waals surface area contributed by atoms with E-state index in [9.17, 15) is 8.78 Å². The summed E-state index contributed by atoms with van der Waals surface area (Å²) in [6.45, 7) is 3.31. The fourth-order valence-electron chi connectivity index (χ4n) is 2.25. The van der Waals surface area contributed by atoms with Crippen molar-refractivity contribution in [2.24, 2.45) is 0 Å².